The van der Waals surface area contributed by atoms with Gasteiger partial charge in [-0.2, -0.15) is 5.26 Å². The van der Waals surface area contributed by atoms with Gasteiger partial charge in [0.1, 0.15) is 11.9 Å². The lowest BCUT2D eigenvalue weighted by Crippen LogP contribution is -2.34. The van der Waals surface area contributed by atoms with E-state index in [4.69, 9.17) is 9.89 Å². The fraction of sp³-hybridized carbons (Fsp3) is 0.611. The van der Waals surface area contributed by atoms with Gasteiger partial charge in [0.05, 0.1) is 18.7 Å². The molecule has 0 aliphatic carbocycles. The molecule has 26 heavy (non-hydrogen) atoms. The van der Waals surface area contributed by atoms with Crippen molar-refractivity contribution in [2.24, 2.45) is 0 Å². The van der Waals surface area contributed by atoms with Gasteiger partial charge >= 0.3 is 0 Å². The average Bonchev–Trinajstić information content (AvgIpc) is 3.30. The van der Waals surface area contributed by atoms with Crippen LogP contribution in [0, 0.1) is 17.1 Å². The van der Waals surface area contributed by atoms with Crippen LogP contribution in [-0.2, 0) is 13.1 Å². The molecular weight excluding hydrogens is 353 g/mol. The van der Waals surface area contributed by atoms with Crippen molar-refractivity contribution < 1.29 is 9.02 Å². The van der Waals surface area contributed by atoms with Gasteiger partial charge in [0, 0.05) is 37.8 Å². The van der Waals surface area contributed by atoms with Gasteiger partial charge in [-0.15, -0.1) is 11.8 Å². The Morgan fingerprint density at radius 2 is 1.96 bits per heavy atom. The fourth-order valence-corrected chi connectivity index (χ4v) is 4.80. The highest BCUT2D eigenvalue weighted by Gasteiger charge is 2.29. The highest BCUT2D eigenvalue weighted by molar-refractivity contribution is 7.99. The molecule has 1 atom stereocenters. The van der Waals surface area contributed by atoms with Gasteiger partial charge in [-0.3, -0.25) is 14.4 Å². The van der Waals surface area contributed by atoms with Crippen LogP contribution < -0.4 is 0 Å². The summed E-state index contributed by atoms with van der Waals surface area (Å²) in [4.78, 5) is 8.56. The van der Waals surface area contributed by atoms with Crippen LogP contribution in [0.15, 0.2) is 28.9 Å². The molecule has 1 unspecified atom stereocenters. The van der Waals surface area contributed by atoms with Crippen LogP contribution in [0.4, 0.5) is 4.39 Å². The van der Waals surface area contributed by atoms with Crippen molar-refractivity contribution in [1.29, 1.82) is 5.26 Å². The van der Waals surface area contributed by atoms with Crippen molar-refractivity contribution >= 4 is 11.8 Å². The lowest BCUT2D eigenvalue weighted by molar-refractivity contribution is 0.163. The highest BCUT2D eigenvalue weighted by Crippen LogP contribution is 2.26. The van der Waals surface area contributed by atoms with Gasteiger partial charge in [0.25, 0.3) is 0 Å². The highest BCUT2D eigenvalue weighted by atomic mass is 32.2. The molecule has 2 aliphatic heterocycles. The van der Waals surface area contributed by atoms with E-state index < -0.39 is 0 Å². The van der Waals surface area contributed by atoms with E-state index in [9.17, 15) is 4.39 Å². The van der Waals surface area contributed by atoms with Gasteiger partial charge in [-0.1, -0.05) is 21.8 Å². The van der Waals surface area contributed by atoms with Crippen molar-refractivity contribution in [1.82, 2.24) is 19.5 Å². The molecule has 0 N–H and O–H groups in total. The van der Waals surface area contributed by atoms with E-state index in [2.05, 4.69) is 15.9 Å². The SMILES string of the molecule is N#CC1CSCN1CCn1on1C1CCN(Cc2ccc(F)cc2)CC1. The minimum absolute atomic E-state index is 0.0445. The summed E-state index contributed by atoms with van der Waals surface area (Å²) >= 11 is 1.82. The van der Waals surface area contributed by atoms with E-state index in [-0.39, 0.29) is 11.9 Å². The summed E-state index contributed by atoms with van der Waals surface area (Å²) in [5.41, 5.74) is 1.16. The molecule has 3 heterocycles. The summed E-state index contributed by atoms with van der Waals surface area (Å²) < 4.78 is 18.6. The van der Waals surface area contributed by atoms with Gasteiger partial charge in [-0.25, -0.2) is 4.39 Å². The Balaban J connectivity index is 1.20. The Kier molecular flexibility index (Phi) is 5.38. The smallest absolute Gasteiger partial charge is 0.123 e. The molecule has 1 aromatic carbocycles. The molecule has 2 saturated heterocycles. The summed E-state index contributed by atoms with van der Waals surface area (Å²) in [6, 6.07) is 9.62. The predicted octanol–water partition coefficient (Wildman–Crippen LogP) is 2.76. The van der Waals surface area contributed by atoms with E-state index in [0.29, 0.717) is 6.04 Å². The number of likely N-dealkylation sites (tertiary alicyclic amines) is 1. The third-order valence-electron chi connectivity index (χ3n) is 5.26. The summed E-state index contributed by atoms with van der Waals surface area (Å²) in [7, 11) is 0. The maximum atomic E-state index is 13.0. The summed E-state index contributed by atoms with van der Waals surface area (Å²) in [5.74, 6) is 1.67. The Labute approximate surface area is 157 Å². The molecule has 0 bridgehead atoms. The maximum Gasteiger partial charge on any atom is 0.123 e. The second-order valence-corrected chi connectivity index (χ2v) is 8.05. The Bertz CT molecular complexity index is 737. The summed E-state index contributed by atoms with van der Waals surface area (Å²) in [5, 5.41) is 9.13. The van der Waals surface area contributed by atoms with Gasteiger partial charge in [0.15, 0.2) is 0 Å². The van der Waals surface area contributed by atoms with Crippen LogP contribution in [0.2, 0.25) is 0 Å². The standard InChI is InChI=1S/C18H24FN5OS/c19-16-3-1-15(2-4-16)12-21-7-5-17(6-8-21)24-23(25-24)10-9-22-14-26-13-18(22)11-20/h1-4,17-18H,5-10,12-14H2. The molecule has 0 spiro atoms. The Morgan fingerprint density at radius 1 is 1.19 bits per heavy atom. The molecular formula is C18H24FN5OS. The van der Waals surface area contributed by atoms with Crippen LogP contribution in [0.5, 0.6) is 0 Å². The second kappa shape index (κ2) is 7.91. The van der Waals surface area contributed by atoms with Gasteiger partial charge in [-0.05, 0) is 30.5 Å². The van der Waals surface area contributed by atoms with E-state index in [1.807, 2.05) is 33.6 Å². The zero-order chi connectivity index (χ0) is 17.9. The third kappa shape index (κ3) is 4.17. The summed E-state index contributed by atoms with van der Waals surface area (Å²) in [6.07, 6.45) is 2.14. The minimum atomic E-state index is -0.181. The molecule has 4 rings (SSSR count). The molecule has 2 fully saturated rings. The number of piperidine rings is 1. The molecule has 0 radical (unpaired) electrons. The normalized spacial score (nSPS) is 22.8. The maximum absolute atomic E-state index is 13.0. The average molecular weight is 377 g/mol. The van der Waals surface area contributed by atoms with Crippen LogP contribution >= 0.6 is 11.8 Å². The van der Waals surface area contributed by atoms with Crippen LogP contribution in [0.25, 0.3) is 0 Å². The minimum Gasteiger partial charge on any atom is -0.299 e. The number of aromatic nitrogens is 2. The number of hydrogen-bond donors (Lipinski definition) is 0. The van der Waals surface area contributed by atoms with E-state index in [1.54, 1.807) is 0 Å². The molecule has 8 heteroatoms. The first-order valence-corrected chi connectivity index (χ1v) is 10.3. The lowest BCUT2D eigenvalue weighted by atomic mass is 10.1. The Morgan fingerprint density at radius 3 is 2.69 bits per heavy atom. The first kappa shape index (κ1) is 17.7. The fourth-order valence-electron chi connectivity index (χ4n) is 3.65. The molecule has 6 nitrogen and oxygen atoms in total. The first-order valence-electron chi connectivity index (χ1n) is 9.16. The van der Waals surface area contributed by atoms with Crippen molar-refractivity contribution in [3.8, 4) is 6.07 Å². The van der Waals surface area contributed by atoms with E-state index in [1.165, 1.54) is 12.1 Å². The third-order valence-corrected chi connectivity index (χ3v) is 6.33. The second-order valence-electron chi connectivity index (χ2n) is 7.05. The van der Waals surface area contributed by atoms with E-state index >= 15 is 0 Å². The quantitative estimate of drug-likeness (QED) is 0.775. The van der Waals surface area contributed by atoms with Gasteiger partial charge in [0.2, 0.25) is 0 Å². The van der Waals surface area contributed by atoms with Crippen molar-refractivity contribution in [2.75, 3.05) is 31.3 Å². The molecule has 140 valence electrons. The number of nitriles is 1. The zero-order valence-corrected chi connectivity index (χ0v) is 15.6. The number of hydrogen-bond acceptors (Lipinski definition) is 5. The zero-order valence-electron chi connectivity index (χ0n) is 14.8. The molecule has 2 aromatic rings. The number of rotatable bonds is 6. The number of nitrogens with zero attached hydrogens (tertiary/aromatic N) is 5. The summed E-state index contributed by atoms with van der Waals surface area (Å²) in [6.45, 7) is 4.60. The largest absolute Gasteiger partial charge is 0.299 e. The number of benzene rings is 1. The number of halogens is 1. The first-order chi connectivity index (χ1) is 12.7. The lowest BCUT2D eigenvalue weighted by Gasteiger charge is -2.29. The monoisotopic (exact) mass is 377 g/mol. The van der Waals surface area contributed by atoms with Gasteiger partial charge < -0.3 is 0 Å². The molecule has 0 amide bonds. The van der Waals surface area contributed by atoms with Crippen molar-refractivity contribution in [3.63, 3.8) is 0 Å². The molecule has 2 aliphatic rings. The topological polar surface area (TPSA) is 53.3 Å². The van der Waals surface area contributed by atoms with Crippen LogP contribution in [0.1, 0.15) is 24.4 Å². The predicted molar refractivity (Wildman–Crippen MR) is 98.1 cm³/mol. The van der Waals surface area contributed by atoms with Crippen molar-refractivity contribution in [3.05, 3.63) is 35.6 Å². The Hall–Kier alpha value is -1.69. The molecule has 0 saturated carbocycles. The van der Waals surface area contributed by atoms with Crippen LogP contribution in [0.3, 0.4) is 0 Å². The van der Waals surface area contributed by atoms with Crippen molar-refractivity contribution in [2.45, 2.75) is 38.0 Å². The van der Waals surface area contributed by atoms with E-state index in [0.717, 1.165) is 62.8 Å². The van der Waals surface area contributed by atoms with Crippen LogP contribution in [-0.4, -0.2) is 56.8 Å². The molecule has 1 aromatic heterocycles. The number of thioether (sulfide) groups is 1.